The Bertz CT molecular complexity index is 1930. The van der Waals surface area contributed by atoms with Gasteiger partial charge in [0.05, 0.1) is 28.5 Å². The van der Waals surface area contributed by atoms with Crippen LogP contribution in [-0.4, -0.2) is 77.4 Å². The van der Waals surface area contributed by atoms with E-state index < -0.39 is 35.6 Å². The Morgan fingerprint density at radius 2 is 1.37 bits per heavy atom. The molecule has 1 N–H and O–H groups in total. The number of aromatic nitrogens is 3. The molecule has 2 aliphatic heterocycles. The van der Waals surface area contributed by atoms with Gasteiger partial charge < -0.3 is 29.0 Å². The molecule has 1 amide bonds. The number of carbonyl (C=O) groups excluding carboxylic acids is 1. The summed E-state index contributed by atoms with van der Waals surface area (Å²) < 4.78 is 27.0. The number of rotatable bonds is 12. The predicted octanol–water partition coefficient (Wildman–Crippen LogP) is 7.08. The summed E-state index contributed by atoms with van der Waals surface area (Å²) >= 11 is 0. The lowest BCUT2D eigenvalue weighted by molar-refractivity contribution is 0.00578. The van der Waals surface area contributed by atoms with Crippen LogP contribution in [-0.2, 0) is 24.3 Å². The summed E-state index contributed by atoms with van der Waals surface area (Å²) in [5.41, 5.74) is 4.37. The van der Waals surface area contributed by atoms with Crippen molar-refractivity contribution in [2.45, 2.75) is 89.8 Å². The summed E-state index contributed by atoms with van der Waals surface area (Å²) in [5, 5.41) is 12.8. The number of nitrogens with one attached hydrogen (secondary N) is 1. The zero-order chi connectivity index (χ0) is 38.1. The van der Waals surface area contributed by atoms with Crippen LogP contribution in [0, 0.1) is 0 Å². The van der Waals surface area contributed by atoms with E-state index in [1.807, 2.05) is 39.0 Å². The molecule has 0 atom stereocenters. The number of unbranched alkanes of at least 4 members (excludes halogenated alkanes) is 1. The highest BCUT2D eigenvalue weighted by Crippen LogP contribution is 2.43. The zero-order valence-electron chi connectivity index (χ0n) is 32.5. The summed E-state index contributed by atoms with van der Waals surface area (Å²) in [6.07, 6.45) is 1.33. The lowest BCUT2D eigenvalue weighted by Crippen LogP contribution is -2.53. The molecule has 1 aromatic heterocycles. The first kappa shape index (κ1) is 37.6. The minimum absolute atomic E-state index is 0.0754. The highest BCUT2D eigenvalue weighted by atomic mass is 16.7. The van der Waals surface area contributed by atoms with Gasteiger partial charge in [0.1, 0.15) is 16.7 Å². The van der Waals surface area contributed by atoms with Gasteiger partial charge >= 0.3 is 13.2 Å². The molecule has 0 saturated carbocycles. The molecule has 0 radical (unpaired) electrons. The molecule has 54 heavy (non-hydrogen) atoms. The Labute approximate surface area is 319 Å². The molecular weight excluding hydrogens is 677 g/mol. The fraction of sp³-hybridized carbons (Fsp3) is 0.419. The Morgan fingerprint density at radius 3 is 1.89 bits per heavy atom. The maximum Gasteiger partial charge on any atom is 0.494 e. The third-order valence-corrected chi connectivity index (χ3v) is 10.8. The van der Waals surface area contributed by atoms with E-state index >= 15 is 0 Å². The number of carbonyl (C=O) groups is 1. The second-order valence-corrected chi connectivity index (χ2v) is 16.3. The normalized spacial score (nSPS) is 17.1. The standard InChI is InChI=1S/C43H52BN5O5/c1-40(2,3)52-39(50)45-25-17-18-26-51-35-29-48(30-35)36-27-34(44-53-41(4,5)42(6,7)54-44)28-37-38(36)46-47-49(37)43(31-19-11-8-12-20-31,32-21-13-9-14-22-32)33-23-15-10-16-24-33/h8-16,19-24,27-28,35H,17-18,25-26,29-30H2,1-7H3,(H,45,50). The molecule has 0 spiro atoms. The van der Waals surface area contributed by atoms with E-state index in [0.717, 1.165) is 51.7 Å². The van der Waals surface area contributed by atoms with Crippen molar-refractivity contribution >= 4 is 35.4 Å². The van der Waals surface area contributed by atoms with Crippen molar-refractivity contribution in [2.75, 3.05) is 31.1 Å². The highest BCUT2D eigenvalue weighted by Gasteiger charge is 2.52. The third kappa shape index (κ3) is 7.37. The average molecular weight is 730 g/mol. The van der Waals surface area contributed by atoms with Crippen molar-refractivity contribution < 1.29 is 23.6 Å². The molecule has 2 saturated heterocycles. The van der Waals surface area contributed by atoms with Gasteiger partial charge in [0.2, 0.25) is 0 Å². The van der Waals surface area contributed by atoms with E-state index in [1.165, 1.54) is 0 Å². The van der Waals surface area contributed by atoms with E-state index in [2.05, 4.69) is 128 Å². The molecule has 11 heteroatoms. The van der Waals surface area contributed by atoms with Crippen LogP contribution in [0.15, 0.2) is 103 Å². The molecule has 5 aromatic rings. The number of nitrogens with zero attached hydrogens (tertiary/aromatic N) is 4. The van der Waals surface area contributed by atoms with Crippen LogP contribution in [0.1, 0.15) is 78.0 Å². The summed E-state index contributed by atoms with van der Waals surface area (Å²) in [4.78, 5) is 14.3. The molecule has 3 heterocycles. The number of alkyl carbamates (subject to hydrolysis) is 1. The van der Waals surface area contributed by atoms with Crippen LogP contribution in [0.3, 0.4) is 0 Å². The van der Waals surface area contributed by atoms with Crippen LogP contribution in [0.4, 0.5) is 10.5 Å². The average Bonchev–Trinajstić information content (AvgIpc) is 3.64. The first-order valence-electron chi connectivity index (χ1n) is 19.0. The number of ether oxygens (including phenoxy) is 2. The Kier molecular flexibility index (Phi) is 10.3. The fourth-order valence-electron chi connectivity index (χ4n) is 7.26. The maximum absolute atomic E-state index is 12.0. The molecule has 282 valence electrons. The van der Waals surface area contributed by atoms with Crippen molar-refractivity contribution in [2.24, 2.45) is 0 Å². The molecule has 0 unspecified atom stereocenters. The first-order valence-corrected chi connectivity index (χ1v) is 19.0. The fourth-order valence-corrected chi connectivity index (χ4v) is 7.26. The SMILES string of the molecule is CC(C)(C)OC(=O)NCCCCOC1CN(c2cc(B3OC(C)(C)C(C)(C)O3)cc3c2nnn3C(c2ccccc2)(c2ccccc2)c2ccccc2)C1. The summed E-state index contributed by atoms with van der Waals surface area (Å²) in [6, 6.07) is 35.9. The third-order valence-electron chi connectivity index (χ3n) is 10.8. The number of hydrogen-bond acceptors (Lipinski definition) is 8. The van der Waals surface area contributed by atoms with Gasteiger partial charge in [-0.1, -0.05) is 96.2 Å². The number of fused-ring (bicyclic) bond motifs is 1. The lowest BCUT2D eigenvalue weighted by Gasteiger charge is -2.41. The molecule has 10 nitrogen and oxygen atoms in total. The van der Waals surface area contributed by atoms with Crippen molar-refractivity contribution in [3.05, 3.63) is 120 Å². The molecular formula is C43H52BN5O5. The van der Waals surface area contributed by atoms with E-state index in [4.69, 9.17) is 29.1 Å². The Hall–Kier alpha value is -4.71. The van der Waals surface area contributed by atoms with Crippen molar-refractivity contribution in [3.63, 3.8) is 0 Å². The van der Waals surface area contributed by atoms with Gasteiger partial charge in [-0.05, 0) is 95.6 Å². The van der Waals surface area contributed by atoms with Gasteiger partial charge in [-0.15, -0.1) is 5.10 Å². The second kappa shape index (κ2) is 14.8. The smallest absolute Gasteiger partial charge is 0.444 e. The van der Waals surface area contributed by atoms with Gasteiger partial charge in [0.15, 0.2) is 0 Å². The lowest BCUT2D eigenvalue weighted by atomic mass is 9.76. The minimum atomic E-state index is -0.844. The van der Waals surface area contributed by atoms with Crippen molar-refractivity contribution in [1.82, 2.24) is 20.3 Å². The van der Waals surface area contributed by atoms with Crippen molar-refractivity contribution in [1.29, 1.82) is 0 Å². The van der Waals surface area contributed by atoms with Crippen LogP contribution in [0.5, 0.6) is 0 Å². The topological polar surface area (TPSA) is 100.0 Å². The van der Waals surface area contributed by atoms with Gasteiger partial charge in [-0.3, -0.25) is 0 Å². The van der Waals surface area contributed by atoms with E-state index in [-0.39, 0.29) is 6.10 Å². The second-order valence-electron chi connectivity index (χ2n) is 16.3. The van der Waals surface area contributed by atoms with Gasteiger partial charge in [0.25, 0.3) is 0 Å². The number of hydrogen-bond donors (Lipinski definition) is 1. The summed E-state index contributed by atoms with van der Waals surface area (Å²) in [5.74, 6) is 0. The van der Waals surface area contributed by atoms with Gasteiger partial charge in [-0.25, -0.2) is 9.48 Å². The van der Waals surface area contributed by atoms with E-state index in [9.17, 15) is 4.79 Å². The van der Waals surface area contributed by atoms with Crippen LogP contribution in [0.2, 0.25) is 0 Å². The van der Waals surface area contributed by atoms with E-state index in [0.29, 0.717) is 26.2 Å². The summed E-state index contributed by atoms with van der Waals surface area (Å²) in [7, 11) is -0.580. The predicted molar refractivity (Wildman–Crippen MR) is 213 cm³/mol. The van der Waals surface area contributed by atoms with Gasteiger partial charge in [-0.2, -0.15) is 0 Å². The number of amides is 1. The van der Waals surface area contributed by atoms with Crippen LogP contribution in [0.25, 0.3) is 11.0 Å². The Balaban J connectivity index is 1.23. The quantitative estimate of drug-likeness (QED) is 0.0827. The minimum Gasteiger partial charge on any atom is -0.444 e. The molecule has 4 aromatic carbocycles. The molecule has 2 aliphatic rings. The number of anilines is 1. The number of benzene rings is 4. The monoisotopic (exact) mass is 729 g/mol. The molecule has 0 bridgehead atoms. The Morgan fingerprint density at radius 1 is 0.833 bits per heavy atom. The molecule has 2 fully saturated rings. The van der Waals surface area contributed by atoms with Crippen molar-refractivity contribution in [3.8, 4) is 0 Å². The van der Waals surface area contributed by atoms with E-state index in [1.54, 1.807) is 0 Å². The van der Waals surface area contributed by atoms with Gasteiger partial charge in [0, 0.05) is 26.2 Å². The van der Waals surface area contributed by atoms with Crippen LogP contribution < -0.4 is 15.7 Å². The largest absolute Gasteiger partial charge is 0.494 e. The molecule has 0 aliphatic carbocycles. The molecule has 7 rings (SSSR count). The van der Waals surface area contributed by atoms with Crippen LogP contribution >= 0.6 is 0 Å². The summed E-state index contributed by atoms with van der Waals surface area (Å²) in [6.45, 7) is 16.5. The first-order chi connectivity index (χ1) is 25.8. The maximum atomic E-state index is 12.0. The highest BCUT2D eigenvalue weighted by molar-refractivity contribution is 6.62. The zero-order valence-corrected chi connectivity index (χ0v) is 32.5.